The van der Waals surface area contributed by atoms with Gasteiger partial charge in [-0.25, -0.2) is 0 Å². The van der Waals surface area contributed by atoms with E-state index in [9.17, 15) is 0 Å². The van der Waals surface area contributed by atoms with Crippen LogP contribution >= 0.6 is 11.3 Å². The normalized spacial score (nSPS) is 12.6. The van der Waals surface area contributed by atoms with Gasteiger partial charge in [0, 0.05) is 29.2 Å². The third-order valence-electron chi connectivity index (χ3n) is 2.76. The molecular formula is C13H16N2S. The Morgan fingerprint density at radius 2 is 2.25 bits per heavy atom. The van der Waals surface area contributed by atoms with Crippen LogP contribution in [0.3, 0.4) is 0 Å². The smallest absolute Gasteiger partial charge is 0.0422 e. The molecule has 0 aliphatic carbocycles. The maximum absolute atomic E-state index is 4.37. The van der Waals surface area contributed by atoms with Crippen LogP contribution in [0.1, 0.15) is 22.2 Å². The Bertz CT molecular complexity index is 436. The number of hydrogen-bond acceptors (Lipinski definition) is 3. The van der Waals surface area contributed by atoms with E-state index in [1.165, 1.54) is 10.4 Å². The number of rotatable bonds is 4. The summed E-state index contributed by atoms with van der Waals surface area (Å²) in [6.45, 7) is 2.17. The second-order valence-electron chi connectivity index (χ2n) is 3.80. The van der Waals surface area contributed by atoms with E-state index in [0.717, 1.165) is 12.1 Å². The molecule has 2 rings (SSSR count). The molecule has 1 atom stereocenters. The monoisotopic (exact) mass is 232 g/mol. The minimum Gasteiger partial charge on any atom is -0.313 e. The van der Waals surface area contributed by atoms with Crippen LogP contribution in [0, 0.1) is 6.92 Å². The molecule has 0 bridgehead atoms. The van der Waals surface area contributed by atoms with Gasteiger partial charge < -0.3 is 5.32 Å². The van der Waals surface area contributed by atoms with Gasteiger partial charge in [0.05, 0.1) is 0 Å². The van der Waals surface area contributed by atoms with Crippen molar-refractivity contribution in [3.05, 3.63) is 52.0 Å². The summed E-state index contributed by atoms with van der Waals surface area (Å²) < 4.78 is 0. The summed E-state index contributed by atoms with van der Waals surface area (Å²) >= 11 is 1.80. The highest BCUT2D eigenvalue weighted by molar-refractivity contribution is 7.10. The Balaban J connectivity index is 2.16. The highest BCUT2D eigenvalue weighted by Crippen LogP contribution is 2.24. The summed E-state index contributed by atoms with van der Waals surface area (Å²) in [4.78, 5) is 5.75. The summed E-state index contributed by atoms with van der Waals surface area (Å²) in [7, 11) is 2.00. The first-order chi connectivity index (χ1) is 7.81. The number of thiophene rings is 1. The number of pyridine rings is 1. The lowest BCUT2D eigenvalue weighted by Gasteiger charge is -2.15. The molecule has 0 amide bonds. The van der Waals surface area contributed by atoms with Crippen molar-refractivity contribution in [1.82, 2.24) is 10.3 Å². The Morgan fingerprint density at radius 3 is 2.81 bits per heavy atom. The van der Waals surface area contributed by atoms with Crippen molar-refractivity contribution < 1.29 is 0 Å². The molecular weight excluding hydrogens is 216 g/mol. The zero-order valence-electron chi connectivity index (χ0n) is 9.60. The van der Waals surface area contributed by atoms with E-state index < -0.39 is 0 Å². The molecule has 16 heavy (non-hydrogen) atoms. The molecule has 0 spiro atoms. The molecule has 0 aliphatic heterocycles. The molecule has 0 aromatic carbocycles. The first kappa shape index (κ1) is 11.3. The Labute approximate surface area is 100 Å². The quantitative estimate of drug-likeness (QED) is 0.876. The van der Waals surface area contributed by atoms with Crippen LogP contribution in [0.5, 0.6) is 0 Å². The Kier molecular flexibility index (Phi) is 3.70. The molecule has 84 valence electrons. The van der Waals surface area contributed by atoms with E-state index in [0.29, 0.717) is 6.04 Å². The van der Waals surface area contributed by atoms with Crippen molar-refractivity contribution in [3.8, 4) is 0 Å². The van der Waals surface area contributed by atoms with Gasteiger partial charge in [-0.3, -0.25) is 4.98 Å². The van der Waals surface area contributed by atoms with Crippen LogP contribution in [0.15, 0.2) is 35.8 Å². The molecule has 2 aromatic rings. The van der Waals surface area contributed by atoms with Crippen LogP contribution in [-0.2, 0) is 6.42 Å². The van der Waals surface area contributed by atoms with Crippen LogP contribution in [0.4, 0.5) is 0 Å². The molecule has 2 heterocycles. The third-order valence-corrected chi connectivity index (χ3v) is 3.62. The van der Waals surface area contributed by atoms with Crippen LogP contribution in [-0.4, -0.2) is 12.0 Å². The van der Waals surface area contributed by atoms with E-state index >= 15 is 0 Å². The van der Waals surface area contributed by atoms with Gasteiger partial charge >= 0.3 is 0 Å². The molecule has 2 nitrogen and oxygen atoms in total. The van der Waals surface area contributed by atoms with Crippen molar-refractivity contribution in [2.45, 2.75) is 19.4 Å². The van der Waals surface area contributed by atoms with Crippen LogP contribution in [0.2, 0.25) is 0 Å². The lowest BCUT2D eigenvalue weighted by atomic mass is 10.0. The van der Waals surface area contributed by atoms with E-state index in [2.05, 4.69) is 34.7 Å². The first-order valence-electron chi connectivity index (χ1n) is 5.42. The number of likely N-dealkylation sites (N-methyl/N-ethyl adjacent to an activating group) is 1. The average molecular weight is 232 g/mol. The maximum Gasteiger partial charge on any atom is 0.0422 e. The van der Waals surface area contributed by atoms with Crippen molar-refractivity contribution in [1.29, 1.82) is 0 Å². The highest BCUT2D eigenvalue weighted by atomic mass is 32.1. The number of hydrogen-bond donors (Lipinski definition) is 1. The second-order valence-corrected chi connectivity index (χ2v) is 4.92. The maximum atomic E-state index is 4.37. The minimum absolute atomic E-state index is 0.362. The van der Waals surface area contributed by atoms with Gasteiger partial charge in [-0.05, 0) is 43.1 Å². The van der Waals surface area contributed by atoms with Gasteiger partial charge in [0.1, 0.15) is 0 Å². The van der Waals surface area contributed by atoms with Crippen molar-refractivity contribution >= 4 is 11.3 Å². The number of aryl methyl sites for hydroxylation is 1. The molecule has 1 unspecified atom stereocenters. The zero-order valence-corrected chi connectivity index (χ0v) is 10.4. The standard InChI is InChI=1S/C13H16N2S/c1-10-12(6-8-16-10)13(14-2)9-11-5-3-4-7-15-11/h3-8,13-14H,9H2,1-2H3. The zero-order chi connectivity index (χ0) is 11.4. The molecule has 3 heteroatoms. The molecule has 0 saturated heterocycles. The van der Waals surface area contributed by atoms with Gasteiger partial charge in [-0.2, -0.15) is 0 Å². The van der Waals surface area contributed by atoms with Gasteiger partial charge in [0.15, 0.2) is 0 Å². The molecule has 0 fully saturated rings. The summed E-state index contributed by atoms with van der Waals surface area (Å²) in [6, 6.07) is 8.63. The van der Waals surface area contributed by atoms with Gasteiger partial charge in [-0.15, -0.1) is 11.3 Å². The summed E-state index contributed by atoms with van der Waals surface area (Å²) in [5.41, 5.74) is 2.52. The number of nitrogens with one attached hydrogen (secondary N) is 1. The van der Waals surface area contributed by atoms with E-state index in [-0.39, 0.29) is 0 Å². The molecule has 2 aromatic heterocycles. The van der Waals surface area contributed by atoms with Crippen molar-refractivity contribution in [3.63, 3.8) is 0 Å². The van der Waals surface area contributed by atoms with E-state index in [1.54, 1.807) is 11.3 Å². The van der Waals surface area contributed by atoms with Gasteiger partial charge in [0.25, 0.3) is 0 Å². The lowest BCUT2D eigenvalue weighted by molar-refractivity contribution is 0.584. The summed E-state index contributed by atoms with van der Waals surface area (Å²) in [5.74, 6) is 0. The average Bonchev–Trinajstić information content (AvgIpc) is 2.74. The van der Waals surface area contributed by atoms with Crippen LogP contribution in [0.25, 0.3) is 0 Å². The first-order valence-corrected chi connectivity index (χ1v) is 6.30. The van der Waals surface area contributed by atoms with Gasteiger partial charge in [-0.1, -0.05) is 6.07 Å². The highest BCUT2D eigenvalue weighted by Gasteiger charge is 2.13. The number of aromatic nitrogens is 1. The predicted molar refractivity (Wildman–Crippen MR) is 68.8 cm³/mol. The summed E-state index contributed by atoms with van der Waals surface area (Å²) in [6.07, 6.45) is 2.79. The topological polar surface area (TPSA) is 24.9 Å². The molecule has 0 saturated carbocycles. The molecule has 1 N–H and O–H groups in total. The van der Waals surface area contributed by atoms with E-state index in [1.807, 2.05) is 25.4 Å². The minimum atomic E-state index is 0.362. The van der Waals surface area contributed by atoms with Crippen molar-refractivity contribution in [2.75, 3.05) is 7.05 Å². The fraction of sp³-hybridized carbons (Fsp3) is 0.308. The Hall–Kier alpha value is -1.19. The fourth-order valence-electron chi connectivity index (χ4n) is 1.85. The Morgan fingerprint density at radius 1 is 1.38 bits per heavy atom. The second kappa shape index (κ2) is 5.23. The van der Waals surface area contributed by atoms with Crippen LogP contribution < -0.4 is 5.32 Å². The van der Waals surface area contributed by atoms with Gasteiger partial charge in [0.2, 0.25) is 0 Å². The fourth-order valence-corrected chi connectivity index (χ4v) is 2.62. The molecule has 0 aliphatic rings. The summed E-state index contributed by atoms with van der Waals surface area (Å²) in [5, 5.41) is 5.51. The number of nitrogens with zero attached hydrogens (tertiary/aromatic N) is 1. The third kappa shape index (κ3) is 2.49. The van der Waals surface area contributed by atoms with E-state index in [4.69, 9.17) is 0 Å². The van der Waals surface area contributed by atoms with Crippen molar-refractivity contribution in [2.24, 2.45) is 0 Å². The SMILES string of the molecule is CNC(Cc1ccccn1)c1ccsc1C. The predicted octanol–water partition coefficient (Wildman–Crippen LogP) is 2.95. The lowest BCUT2D eigenvalue weighted by Crippen LogP contribution is -2.19. The molecule has 0 radical (unpaired) electrons. The largest absolute Gasteiger partial charge is 0.313 e.